The van der Waals surface area contributed by atoms with Crippen molar-refractivity contribution in [2.75, 3.05) is 11.4 Å². The van der Waals surface area contributed by atoms with Crippen molar-refractivity contribution < 1.29 is 14.7 Å². The summed E-state index contributed by atoms with van der Waals surface area (Å²) in [5, 5.41) is 16.4. The van der Waals surface area contributed by atoms with Gasteiger partial charge in [-0.25, -0.2) is 19.7 Å². The molecule has 0 saturated carbocycles. The number of hydrogen-bond acceptors (Lipinski definition) is 4. The summed E-state index contributed by atoms with van der Waals surface area (Å²) in [6.45, 7) is 7.87. The zero-order chi connectivity index (χ0) is 23.9. The number of aromatic carboxylic acids is 1. The highest BCUT2D eigenvalue weighted by Crippen LogP contribution is 2.29. The van der Waals surface area contributed by atoms with Crippen molar-refractivity contribution in [3.63, 3.8) is 0 Å². The third-order valence-corrected chi connectivity index (χ3v) is 5.97. The topological polar surface area (TPSA) is 120 Å². The molecular formula is C24H25N5O4. The van der Waals surface area contributed by atoms with Crippen LogP contribution in [0.3, 0.4) is 0 Å². The minimum Gasteiger partial charge on any atom is -0.478 e. The molecule has 33 heavy (non-hydrogen) atoms. The van der Waals surface area contributed by atoms with Crippen LogP contribution in [0.1, 0.15) is 45.2 Å². The van der Waals surface area contributed by atoms with Crippen LogP contribution in [0.2, 0.25) is 0 Å². The van der Waals surface area contributed by atoms with Crippen LogP contribution in [0.4, 0.5) is 10.5 Å². The van der Waals surface area contributed by atoms with Crippen LogP contribution in [-0.4, -0.2) is 39.1 Å². The lowest BCUT2D eigenvalue weighted by Gasteiger charge is -2.16. The quantitative estimate of drug-likeness (QED) is 0.420. The van der Waals surface area contributed by atoms with E-state index in [0.717, 1.165) is 22.4 Å². The molecule has 0 bridgehead atoms. The largest absolute Gasteiger partial charge is 0.478 e. The maximum absolute atomic E-state index is 13.1. The summed E-state index contributed by atoms with van der Waals surface area (Å²) in [4.78, 5) is 38.5. The number of nitrogens with zero attached hydrogens (tertiary/aromatic N) is 3. The van der Waals surface area contributed by atoms with Gasteiger partial charge in [-0.3, -0.25) is 14.8 Å². The zero-order valence-electron chi connectivity index (χ0n) is 18.9. The molecule has 1 aliphatic heterocycles. The Labute approximate surface area is 190 Å². The van der Waals surface area contributed by atoms with Gasteiger partial charge < -0.3 is 5.11 Å². The van der Waals surface area contributed by atoms with Gasteiger partial charge in [0, 0.05) is 17.9 Å². The van der Waals surface area contributed by atoms with Crippen molar-refractivity contribution in [1.82, 2.24) is 15.2 Å². The third kappa shape index (κ3) is 4.05. The number of aromatic amines is 1. The molecule has 1 aliphatic rings. The van der Waals surface area contributed by atoms with E-state index < -0.39 is 12.0 Å². The number of rotatable bonds is 4. The van der Waals surface area contributed by atoms with Crippen molar-refractivity contribution in [3.8, 4) is 5.69 Å². The standard InChI is InChI=1S/C24H25N5O4/c1-13-5-7-19(11-14(13)2)29-22(30)21(16(4)27-29)15(3)25-26-24(33)28-10-9-17-12-18(23(31)32)6-8-20(17)28/h5-8,11-12,27H,9-10H2,1-4H3,(H,26,33)(H,31,32)/b25-15+. The molecule has 0 fully saturated rings. The molecule has 0 unspecified atom stereocenters. The monoisotopic (exact) mass is 447 g/mol. The van der Waals surface area contributed by atoms with Gasteiger partial charge in [-0.2, -0.15) is 5.10 Å². The Hall–Kier alpha value is -4.14. The van der Waals surface area contributed by atoms with Crippen molar-refractivity contribution in [2.24, 2.45) is 5.10 Å². The Morgan fingerprint density at radius 2 is 1.85 bits per heavy atom. The van der Waals surface area contributed by atoms with Gasteiger partial charge in [-0.05, 0) is 81.1 Å². The second kappa shape index (κ2) is 8.42. The molecule has 4 rings (SSSR count). The molecular weight excluding hydrogens is 422 g/mol. The normalized spacial score (nSPS) is 13.2. The fourth-order valence-electron chi connectivity index (χ4n) is 4.01. The van der Waals surface area contributed by atoms with Gasteiger partial charge >= 0.3 is 12.0 Å². The molecule has 2 heterocycles. The number of amides is 2. The molecule has 0 radical (unpaired) electrons. The fraction of sp³-hybridized carbons (Fsp3) is 0.250. The van der Waals surface area contributed by atoms with E-state index in [1.807, 2.05) is 32.0 Å². The van der Waals surface area contributed by atoms with Gasteiger partial charge in [-0.1, -0.05) is 6.07 Å². The number of fused-ring (bicyclic) bond motifs is 1. The summed E-state index contributed by atoms with van der Waals surface area (Å²) in [5.74, 6) is -1.01. The minimum atomic E-state index is -1.01. The Bertz CT molecular complexity index is 1370. The summed E-state index contributed by atoms with van der Waals surface area (Å²) < 4.78 is 1.47. The fourth-order valence-corrected chi connectivity index (χ4v) is 4.01. The van der Waals surface area contributed by atoms with Gasteiger partial charge in [0.25, 0.3) is 5.56 Å². The molecule has 2 aromatic carbocycles. The van der Waals surface area contributed by atoms with E-state index in [0.29, 0.717) is 35.6 Å². The van der Waals surface area contributed by atoms with Crippen molar-refractivity contribution in [3.05, 3.63) is 80.3 Å². The number of carboxylic acids is 1. The van der Waals surface area contributed by atoms with E-state index >= 15 is 0 Å². The van der Waals surface area contributed by atoms with Crippen LogP contribution in [0.15, 0.2) is 46.3 Å². The molecule has 2 amide bonds. The van der Waals surface area contributed by atoms with E-state index in [9.17, 15) is 14.4 Å². The summed E-state index contributed by atoms with van der Waals surface area (Å²) >= 11 is 0. The molecule has 9 nitrogen and oxygen atoms in total. The smallest absolute Gasteiger partial charge is 0.342 e. The Balaban J connectivity index is 1.55. The van der Waals surface area contributed by atoms with Crippen LogP contribution < -0.4 is 15.9 Å². The first-order valence-electron chi connectivity index (χ1n) is 10.5. The van der Waals surface area contributed by atoms with E-state index in [1.54, 1.807) is 26.0 Å². The van der Waals surface area contributed by atoms with E-state index in [-0.39, 0.29) is 11.1 Å². The lowest BCUT2D eigenvalue weighted by atomic mass is 10.1. The highest BCUT2D eigenvalue weighted by atomic mass is 16.4. The number of hydrazone groups is 1. The molecule has 9 heteroatoms. The van der Waals surface area contributed by atoms with Gasteiger partial charge in [0.15, 0.2) is 0 Å². The maximum Gasteiger partial charge on any atom is 0.342 e. The number of H-pyrrole nitrogens is 1. The van der Waals surface area contributed by atoms with Crippen molar-refractivity contribution in [2.45, 2.75) is 34.1 Å². The van der Waals surface area contributed by atoms with E-state index in [2.05, 4.69) is 15.6 Å². The number of benzene rings is 2. The first kappa shape index (κ1) is 22.1. The highest BCUT2D eigenvalue weighted by Gasteiger charge is 2.25. The van der Waals surface area contributed by atoms with Gasteiger partial charge in [-0.15, -0.1) is 0 Å². The third-order valence-electron chi connectivity index (χ3n) is 5.97. The number of urea groups is 1. The number of carbonyl (C=O) groups is 2. The van der Waals surface area contributed by atoms with E-state index in [4.69, 9.17) is 5.11 Å². The predicted molar refractivity (Wildman–Crippen MR) is 126 cm³/mol. The summed E-state index contributed by atoms with van der Waals surface area (Å²) in [6.07, 6.45) is 0.560. The van der Waals surface area contributed by atoms with Crippen LogP contribution >= 0.6 is 0 Å². The summed E-state index contributed by atoms with van der Waals surface area (Å²) in [7, 11) is 0. The number of carboxylic acid groups (broad SMARTS) is 1. The molecule has 0 aliphatic carbocycles. The molecule has 0 atom stereocenters. The highest BCUT2D eigenvalue weighted by molar-refractivity contribution is 6.01. The SMILES string of the molecule is C/C(=N\NC(=O)N1CCc2cc(C(=O)O)ccc21)c1c(C)[nH]n(-c2ccc(C)c(C)c2)c1=O. The number of aryl methyl sites for hydroxylation is 3. The second-order valence-corrected chi connectivity index (χ2v) is 8.19. The average molecular weight is 447 g/mol. The molecule has 0 spiro atoms. The van der Waals surface area contributed by atoms with Crippen LogP contribution in [0.25, 0.3) is 5.69 Å². The Kier molecular flexibility index (Phi) is 5.63. The molecule has 1 aromatic heterocycles. The first-order valence-corrected chi connectivity index (χ1v) is 10.5. The number of nitrogens with one attached hydrogen (secondary N) is 2. The number of carbonyl (C=O) groups excluding carboxylic acids is 1. The maximum atomic E-state index is 13.1. The van der Waals surface area contributed by atoms with Gasteiger partial charge in [0.05, 0.1) is 22.5 Å². The first-order chi connectivity index (χ1) is 15.7. The van der Waals surface area contributed by atoms with Gasteiger partial charge in [0.2, 0.25) is 0 Å². The average Bonchev–Trinajstić information content (AvgIpc) is 3.33. The number of hydrogen-bond donors (Lipinski definition) is 3. The van der Waals surface area contributed by atoms with Gasteiger partial charge in [0.1, 0.15) is 0 Å². The molecule has 170 valence electrons. The lowest BCUT2D eigenvalue weighted by molar-refractivity contribution is 0.0696. The number of anilines is 1. The van der Waals surface area contributed by atoms with Crippen LogP contribution in [-0.2, 0) is 6.42 Å². The predicted octanol–water partition coefficient (Wildman–Crippen LogP) is 3.29. The molecule has 3 N–H and O–H groups in total. The summed E-state index contributed by atoms with van der Waals surface area (Å²) in [5.41, 5.74) is 8.25. The molecule has 3 aromatic rings. The lowest BCUT2D eigenvalue weighted by Crippen LogP contribution is -2.37. The van der Waals surface area contributed by atoms with E-state index in [1.165, 1.54) is 15.6 Å². The Morgan fingerprint density at radius 3 is 2.55 bits per heavy atom. The van der Waals surface area contributed by atoms with Crippen molar-refractivity contribution in [1.29, 1.82) is 0 Å². The van der Waals surface area contributed by atoms with Crippen LogP contribution in [0.5, 0.6) is 0 Å². The zero-order valence-corrected chi connectivity index (χ0v) is 18.9. The number of aromatic nitrogens is 2. The van der Waals surface area contributed by atoms with Crippen molar-refractivity contribution >= 4 is 23.4 Å². The van der Waals surface area contributed by atoms with Crippen LogP contribution in [0, 0.1) is 20.8 Å². The Morgan fingerprint density at radius 1 is 1.09 bits per heavy atom. The summed E-state index contributed by atoms with van der Waals surface area (Å²) in [6, 6.07) is 10.0. The second-order valence-electron chi connectivity index (χ2n) is 8.19. The minimum absolute atomic E-state index is 0.188. The molecule has 0 saturated heterocycles.